The van der Waals surface area contributed by atoms with E-state index in [-0.39, 0.29) is 11.7 Å². The Morgan fingerprint density at radius 1 is 1.22 bits per heavy atom. The van der Waals surface area contributed by atoms with Crippen LogP contribution in [0, 0.1) is 11.3 Å². The lowest BCUT2D eigenvalue weighted by molar-refractivity contribution is -0.113. The van der Waals surface area contributed by atoms with Crippen molar-refractivity contribution >= 4 is 34.4 Å². The van der Waals surface area contributed by atoms with E-state index in [1.807, 2.05) is 34.9 Å². The summed E-state index contributed by atoms with van der Waals surface area (Å²) in [7, 11) is 0. The first kappa shape index (κ1) is 17.6. The molecule has 1 aliphatic rings. The van der Waals surface area contributed by atoms with Gasteiger partial charge in [0.25, 0.3) is 0 Å². The molecule has 0 saturated heterocycles. The summed E-state index contributed by atoms with van der Waals surface area (Å²) >= 11 is 1.41. The summed E-state index contributed by atoms with van der Waals surface area (Å²) in [6, 6.07) is 16.2. The molecule has 1 amide bonds. The van der Waals surface area contributed by atoms with Crippen molar-refractivity contribution in [3.05, 3.63) is 53.6 Å². The number of aromatic nitrogens is 2. The van der Waals surface area contributed by atoms with Gasteiger partial charge in [-0.15, -0.1) is 0 Å². The van der Waals surface area contributed by atoms with Gasteiger partial charge < -0.3 is 9.88 Å². The number of rotatable bonds is 6. The molecule has 0 fully saturated rings. The molecule has 1 aromatic heterocycles. The fraction of sp³-hybridized carbons (Fsp3) is 0.286. The molecule has 0 atom stereocenters. The number of fused-ring (bicyclic) bond motifs is 2. The minimum absolute atomic E-state index is 0.0446. The van der Waals surface area contributed by atoms with Crippen LogP contribution in [0.4, 0.5) is 5.69 Å². The monoisotopic (exact) mass is 376 g/mol. The number of benzene rings is 2. The average molecular weight is 376 g/mol. The minimum Gasteiger partial charge on any atom is -0.325 e. The smallest absolute Gasteiger partial charge is 0.234 e. The van der Waals surface area contributed by atoms with Gasteiger partial charge in [-0.05, 0) is 54.7 Å². The number of thioether (sulfide) groups is 1. The van der Waals surface area contributed by atoms with E-state index in [4.69, 9.17) is 5.26 Å². The Morgan fingerprint density at radius 3 is 2.96 bits per heavy atom. The Morgan fingerprint density at radius 2 is 2.07 bits per heavy atom. The fourth-order valence-electron chi connectivity index (χ4n) is 3.52. The van der Waals surface area contributed by atoms with Gasteiger partial charge in [-0.1, -0.05) is 30.0 Å². The second-order valence-electron chi connectivity index (χ2n) is 6.62. The van der Waals surface area contributed by atoms with E-state index in [1.165, 1.54) is 29.3 Å². The average Bonchev–Trinajstić information content (AvgIpc) is 3.28. The predicted octanol–water partition coefficient (Wildman–Crippen LogP) is 4.17. The molecule has 136 valence electrons. The lowest BCUT2D eigenvalue weighted by Crippen LogP contribution is -2.14. The first-order chi connectivity index (χ1) is 13.2. The molecule has 1 N–H and O–H groups in total. The maximum atomic E-state index is 12.4. The van der Waals surface area contributed by atoms with Crippen LogP contribution in [-0.4, -0.2) is 21.2 Å². The molecule has 6 heteroatoms. The lowest BCUT2D eigenvalue weighted by Gasteiger charge is -2.08. The summed E-state index contributed by atoms with van der Waals surface area (Å²) < 4.78 is 2.02. The first-order valence-electron chi connectivity index (χ1n) is 9.11. The van der Waals surface area contributed by atoms with E-state index >= 15 is 0 Å². The van der Waals surface area contributed by atoms with Crippen LogP contribution < -0.4 is 5.32 Å². The van der Waals surface area contributed by atoms with Crippen molar-refractivity contribution in [2.75, 3.05) is 11.1 Å². The highest BCUT2D eigenvalue weighted by atomic mass is 32.2. The molecular weight excluding hydrogens is 356 g/mol. The third kappa shape index (κ3) is 3.83. The van der Waals surface area contributed by atoms with Crippen molar-refractivity contribution < 1.29 is 4.79 Å². The molecule has 0 unspecified atom stereocenters. The van der Waals surface area contributed by atoms with Gasteiger partial charge in [0.2, 0.25) is 5.91 Å². The Balaban J connectivity index is 1.45. The zero-order valence-electron chi connectivity index (χ0n) is 14.9. The van der Waals surface area contributed by atoms with Gasteiger partial charge in [0.1, 0.15) is 0 Å². The molecule has 0 spiro atoms. The number of imidazole rings is 1. The fourth-order valence-corrected chi connectivity index (χ4v) is 4.36. The number of hydrogen-bond donors (Lipinski definition) is 1. The van der Waals surface area contributed by atoms with Crippen LogP contribution in [0.3, 0.4) is 0 Å². The minimum atomic E-state index is -0.0446. The van der Waals surface area contributed by atoms with E-state index in [2.05, 4.69) is 28.5 Å². The van der Waals surface area contributed by atoms with Crippen molar-refractivity contribution in [1.29, 1.82) is 5.26 Å². The molecule has 1 aliphatic carbocycles. The van der Waals surface area contributed by atoms with Crippen molar-refractivity contribution in [3.8, 4) is 6.07 Å². The number of nitrogens with one attached hydrogen (secondary N) is 1. The zero-order valence-corrected chi connectivity index (χ0v) is 15.8. The summed E-state index contributed by atoms with van der Waals surface area (Å²) in [5.74, 6) is 0.240. The van der Waals surface area contributed by atoms with Gasteiger partial charge in [0.05, 0.1) is 29.3 Å². The summed E-state index contributed by atoms with van der Waals surface area (Å²) in [5, 5.41) is 12.7. The Hall–Kier alpha value is -2.78. The first-order valence-corrected chi connectivity index (χ1v) is 10.1. The lowest BCUT2D eigenvalue weighted by atomic mass is 10.1. The molecule has 3 aromatic rings. The number of amides is 1. The molecule has 27 heavy (non-hydrogen) atoms. The Labute approximate surface area is 162 Å². The van der Waals surface area contributed by atoms with Crippen molar-refractivity contribution in [3.63, 3.8) is 0 Å². The van der Waals surface area contributed by atoms with Crippen LogP contribution in [0.2, 0.25) is 0 Å². The van der Waals surface area contributed by atoms with Crippen molar-refractivity contribution in [2.24, 2.45) is 0 Å². The van der Waals surface area contributed by atoms with Gasteiger partial charge >= 0.3 is 0 Å². The molecule has 1 heterocycles. The largest absolute Gasteiger partial charge is 0.325 e. The quantitative estimate of drug-likeness (QED) is 0.656. The van der Waals surface area contributed by atoms with E-state index in [1.54, 1.807) is 0 Å². The van der Waals surface area contributed by atoms with Gasteiger partial charge in [0, 0.05) is 12.2 Å². The van der Waals surface area contributed by atoms with Gasteiger partial charge in [-0.2, -0.15) is 5.26 Å². The normalized spacial score (nSPS) is 12.7. The SMILES string of the molecule is N#CCCn1c(SCC(=O)Nc2ccc3c(c2)CCC3)nc2ccccc21. The number of aryl methyl sites for hydroxylation is 3. The zero-order chi connectivity index (χ0) is 18.6. The third-order valence-electron chi connectivity index (χ3n) is 4.78. The molecule has 0 saturated carbocycles. The molecule has 4 rings (SSSR count). The summed E-state index contributed by atoms with van der Waals surface area (Å²) in [6.07, 6.45) is 3.84. The van der Waals surface area contributed by atoms with Gasteiger partial charge in [-0.25, -0.2) is 4.98 Å². The highest BCUT2D eigenvalue weighted by Gasteiger charge is 2.14. The molecule has 0 radical (unpaired) electrons. The second-order valence-corrected chi connectivity index (χ2v) is 7.56. The molecular formula is C21H20N4OS. The highest BCUT2D eigenvalue weighted by molar-refractivity contribution is 7.99. The number of nitrogens with zero attached hydrogens (tertiary/aromatic N) is 3. The van der Waals surface area contributed by atoms with E-state index in [9.17, 15) is 4.79 Å². The second kappa shape index (κ2) is 7.85. The van der Waals surface area contributed by atoms with E-state index < -0.39 is 0 Å². The highest BCUT2D eigenvalue weighted by Crippen LogP contribution is 2.26. The van der Waals surface area contributed by atoms with E-state index in [0.29, 0.717) is 13.0 Å². The maximum absolute atomic E-state index is 12.4. The summed E-state index contributed by atoms with van der Waals surface area (Å²) in [5.41, 5.74) is 5.48. The van der Waals surface area contributed by atoms with Crippen LogP contribution in [0.5, 0.6) is 0 Å². The van der Waals surface area contributed by atoms with Crippen LogP contribution in [0.15, 0.2) is 47.6 Å². The third-order valence-corrected chi connectivity index (χ3v) is 5.76. The predicted molar refractivity (Wildman–Crippen MR) is 108 cm³/mol. The van der Waals surface area contributed by atoms with Crippen LogP contribution >= 0.6 is 11.8 Å². The number of anilines is 1. The standard InChI is InChI=1S/C21H20N4OS/c22-11-4-12-25-19-8-2-1-7-18(19)24-21(25)27-14-20(26)23-17-10-9-15-5-3-6-16(15)13-17/h1-2,7-10,13H,3-6,12,14H2,(H,23,26). The molecule has 0 bridgehead atoms. The Kier molecular flexibility index (Phi) is 5.12. The summed E-state index contributed by atoms with van der Waals surface area (Å²) in [4.78, 5) is 17.0. The van der Waals surface area contributed by atoms with Crippen molar-refractivity contribution in [2.45, 2.75) is 37.4 Å². The van der Waals surface area contributed by atoms with Gasteiger partial charge in [-0.3, -0.25) is 4.79 Å². The number of carbonyl (C=O) groups is 1. The van der Waals surface area contributed by atoms with E-state index in [0.717, 1.165) is 34.7 Å². The number of para-hydroxylation sites is 2. The molecule has 2 aromatic carbocycles. The van der Waals surface area contributed by atoms with Crippen molar-refractivity contribution in [1.82, 2.24) is 9.55 Å². The Bertz CT molecular complexity index is 1030. The number of hydrogen-bond acceptors (Lipinski definition) is 4. The maximum Gasteiger partial charge on any atom is 0.234 e. The topological polar surface area (TPSA) is 70.7 Å². The number of carbonyl (C=O) groups excluding carboxylic acids is 1. The number of nitriles is 1. The van der Waals surface area contributed by atoms with Crippen LogP contribution in [0.1, 0.15) is 24.0 Å². The molecule has 0 aliphatic heterocycles. The van der Waals surface area contributed by atoms with Crippen LogP contribution in [0.25, 0.3) is 11.0 Å². The molecule has 5 nitrogen and oxygen atoms in total. The van der Waals surface area contributed by atoms with Crippen LogP contribution in [-0.2, 0) is 24.2 Å². The van der Waals surface area contributed by atoms with Gasteiger partial charge in [0.15, 0.2) is 5.16 Å². The summed E-state index contributed by atoms with van der Waals surface area (Å²) in [6.45, 7) is 0.575.